The molecule has 0 saturated carbocycles. The first-order valence-electron chi connectivity index (χ1n) is 6.79. The molecule has 2 aromatic heterocycles. The lowest BCUT2D eigenvalue weighted by atomic mass is 10.3. The summed E-state index contributed by atoms with van der Waals surface area (Å²) in [4.78, 5) is 8.36. The molecule has 112 valence electrons. The van der Waals surface area contributed by atoms with Crippen LogP contribution in [0.3, 0.4) is 0 Å². The Bertz CT molecular complexity index is 756. The third-order valence-electron chi connectivity index (χ3n) is 3.13. The molecule has 0 amide bonds. The van der Waals surface area contributed by atoms with Crippen LogP contribution in [0.25, 0.3) is 5.69 Å². The molecule has 0 spiro atoms. The van der Waals surface area contributed by atoms with Gasteiger partial charge in [-0.1, -0.05) is 18.2 Å². The largest absolute Gasteiger partial charge is 0.382 e. The molecule has 0 unspecified atom stereocenters. The average Bonchev–Trinajstić information content (AvgIpc) is 3.00. The van der Waals surface area contributed by atoms with E-state index in [0.717, 1.165) is 16.9 Å². The van der Waals surface area contributed by atoms with Gasteiger partial charge in [-0.3, -0.25) is 0 Å². The topological polar surface area (TPSA) is 81.7 Å². The second-order valence-electron chi connectivity index (χ2n) is 4.76. The fourth-order valence-electron chi connectivity index (χ4n) is 2.04. The van der Waals surface area contributed by atoms with Crippen LogP contribution in [-0.2, 0) is 13.1 Å². The third-order valence-corrected chi connectivity index (χ3v) is 3.51. The smallest absolute Gasteiger partial charge is 0.146 e. The molecule has 0 bridgehead atoms. The Kier molecular flexibility index (Phi) is 4.45. The summed E-state index contributed by atoms with van der Waals surface area (Å²) < 4.78 is 2.53. The number of anilines is 1. The minimum absolute atomic E-state index is 0.440. The second-order valence-corrected chi connectivity index (χ2v) is 5.57. The number of halogens is 1. The first kappa shape index (κ1) is 14.7. The van der Waals surface area contributed by atoms with Crippen molar-refractivity contribution < 1.29 is 0 Å². The molecule has 1 aromatic carbocycles. The lowest BCUT2D eigenvalue weighted by Gasteiger charge is -2.05. The second kappa shape index (κ2) is 6.67. The van der Waals surface area contributed by atoms with Crippen LogP contribution in [0.1, 0.15) is 11.3 Å². The van der Waals surface area contributed by atoms with Gasteiger partial charge in [-0.15, -0.1) is 0 Å². The van der Waals surface area contributed by atoms with Gasteiger partial charge in [0.25, 0.3) is 0 Å². The number of rotatable bonds is 5. The van der Waals surface area contributed by atoms with E-state index in [1.165, 1.54) is 0 Å². The Morgan fingerprint density at radius 2 is 1.95 bits per heavy atom. The molecule has 0 aliphatic rings. The zero-order valence-electron chi connectivity index (χ0n) is 11.8. The number of nitrogens with two attached hydrogens (primary N) is 1. The maximum Gasteiger partial charge on any atom is 0.146 e. The normalized spacial score (nSPS) is 10.8. The summed E-state index contributed by atoms with van der Waals surface area (Å²) in [6, 6.07) is 10.00. The summed E-state index contributed by atoms with van der Waals surface area (Å²) in [6.07, 6.45) is 5.43. The molecule has 22 heavy (non-hydrogen) atoms. The van der Waals surface area contributed by atoms with Crippen LogP contribution >= 0.6 is 15.9 Å². The van der Waals surface area contributed by atoms with Crippen molar-refractivity contribution in [2.75, 3.05) is 5.73 Å². The van der Waals surface area contributed by atoms with Crippen LogP contribution in [0.5, 0.6) is 0 Å². The van der Waals surface area contributed by atoms with Crippen molar-refractivity contribution in [3.63, 3.8) is 0 Å². The summed E-state index contributed by atoms with van der Waals surface area (Å²) in [5.41, 5.74) is 8.65. The van der Waals surface area contributed by atoms with Gasteiger partial charge in [-0.05, 0) is 28.1 Å². The van der Waals surface area contributed by atoms with Gasteiger partial charge < -0.3 is 11.1 Å². The monoisotopic (exact) mass is 358 g/mol. The molecule has 0 fully saturated rings. The highest BCUT2D eigenvalue weighted by Crippen LogP contribution is 2.11. The van der Waals surface area contributed by atoms with Crippen LogP contribution in [0.15, 0.2) is 53.5 Å². The van der Waals surface area contributed by atoms with Gasteiger partial charge in [0.1, 0.15) is 10.4 Å². The lowest BCUT2D eigenvalue weighted by molar-refractivity contribution is 0.677. The third kappa shape index (κ3) is 3.49. The molecule has 0 aliphatic carbocycles. The van der Waals surface area contributed by atoms with Crippen molar-refractivity contribution in [3.05, 3.63) is 64.8 Å². The van der Waals surface area contributed by atoms with Gasteiger partial charge in [-0.25, -0.2) is 14.6 Å². The van der Waals surface area contributed by atoms with Crippen LogP contribution in [0.2, 0.25) is 0 Å². The van der Waals surface area contributed by atoms with E-state index < -0.39 is 0 Å². The number of benzene rings is 1. The minimum atomic E-state index is 0.440. The molecule has 3 N–H and O–H groups in total. The summed E-state index contributed by atoms with van der Waals surface area (Å²) in [5.74, 6) is 0.440. The number of hydrogen-bond donors (Lipinski definition) is 2. The quantitative estimate of drug-likeness (QED) is 0.731. The zero-order chi connectivity index (χ0) is 15.4. The first-order chi connectivity index (χ1) is 10.7. The fourth-order valence-corrected chi connectivity index (χ4v) is 2.36. The fraction of sp³-hybridized carbons (Fsp3) is 0.133. The number of para-hydroxylation sites is 1. The van der Waals surface area contributed by atoms with Gasteiger partial charge in [0, 0.05) is 24.8 Å². The molecule has 2 heterocycles. The molecule has 6 nitrogen and oxygen atoms in total. The maximum atomic E-state index is 5.80. The molecule has 0 aliphatic heterocycles. The number of hydrogen-bond acceptors (Lipinski definition) is 5. The number of nitrogens with zero attached hydrogens (tertiary/aromatic N) is 4. The highest BCUT2D eigenvalue weighted by atomic mass is 79.9. The lowest BCUT2D eigenvalue weighted by Crippen LogP contribution is -2.15. The van der Waals surface area contributed by atoms with Crippen LogP contribution in [0, 0.1) is 0 Å². The Balaban J connectivity index is 1.61. The Labute approximate surface area is 136 Å². The van der Waals surface area contributed by atoms with Crippen molar-refractivity contribution in [3.8, 4) is 5.69 Å². The van der Waals surface area contributed by atoms with Gasteiger partial charge in [0.2, 0.25) is 0 Å². The van der Waals surface area contributed by atoms with Crippen molar-refractivity contribution in [2.45, 2.75) is 13.1 Å². The zero-order valence-corrected chi connectivity index (χ0v) is 13.4. The number of aromatic nitrogens is 4. The molecular formula is C15H15BrN6. The first-order valence-corrected chi connectivity index (χ1v) is 7.58. The van der Waals surface area contributed by atoms with E-state index in [9.17, 15) is 0 Å². The minimum Gasteiger partial charge on any atom is -0.382 e. The van der Waals surface area contributed by atoms with Gasteiger partial charge in [0.05, 0.1) is 23.8 Å². The van der Waals surface area contributed by atoms with Gasteiger partial charge in [0.15, 0.2) is 0 Å². The summed E-state index contributed by atoms with van der Waals surface area (Å²) in [5, 5.41) is 7.65. The van der Waals surface area contributed by atoms with Crippen molar-refractivity contribution >= 4 is 21.7 Å². The molecule has 3 rings (SSSR count). The van der Waals surface area contributed by atoms with Crippen LogP contribution in [-0.4, -0.2) is 19.7 Å². The number of nitrogens with one attached hydrogen (secondary N) is 1. The molecule has 0 saturated heterocycles. The van der Waals surface area contributed by atoms with E-state index in [-0.39, 0.29) is 0 Å². The Morgan fingerprint density at radius 1 is 1.14 bits per heavy atom. The Hall–Kier alpha value is -2.25. The predicted molar refractivity (Wildman–Crippen MR) is 88.3 cm³/mol. The molecule has 0 radical (unpaired) electrons. The van der Waals surface area contributed by atoms with Crippen molar-refractivity contribution in [2.24, 2.45) is 0 Å². The molecule has 3 aromatic rings. The van der Waals surface area contributed by atoms with E-state index >= 15 is 0 Å². The highest BCUT2D eigenvalue weighted by molar-refractivity contribution is 9.10. The van der Waals surface area contributed by atoms with E-state index in [0.29, 0.717) is 23.5 Å². The average molecular weight is 359 g/mol. The van der Waals surface area contributed by atoms with E-state index in [1.54, 1.807) is 6.20 Å². The highest BCUT2D eigenvalue weighted by Gasteiger charge is 2.04. The predicted octanol–water partition coefficient (Wildman–Crippen LogP) is 2.30. The van der Waals surface area contributed by atoms with Crippen LogP contribution in [0.4, 0.5) is 5.82 Å². The van der Waals surface area contributed by atoms with Crippen molar-refractivity contribution in [1.82, 2.24) is 25.1 Å². The summed E-state index contributed by atoms with van der Waals surface area (Å²) in [7, 11) is 0. The van der Waals surface area contributed by atoms with E-state index in [4.69, 9.17) is 5.73 Å². The standard InChI is InChI=1S/C15H15BrN6/c16-14-9-19-15(17)13(21-14)8-18-6-11-7-20-22(10-11)12-4-2-1-3-5-12/h1-5,7,9-10,18H,6,8H2,(H2,17,19). The maximum absolute atomic E-state index is 5.80. The molecular weight excluding hydrogens is 344 g/mol. The van der Waals surface area contributed by atoms with Gasteiger partial charge >= 0.3 is 0 Å². The number of nitrogen functional groups attached to an aromatic ring is 1. The van der Waals surface area contributed by atoms with Crippen LogP contribution < -0.4 is 11.1 Å². The van der Waals surface area contributed by atoms with Crippen molar-refractivity contribution in [1.29, 1.82) is 0 Å². The summed E-state index contributed by atoms with van der Waals surface area (Å²) >= 11 is 3.29. The molecule has 7 heteroatoms. The summed E-state index contributed by atoms with van der Waals surface area (Å²) in [6.45, 7) is 1.23. The SMILES string of the molecule is Nc1ncc(Br)nc1CNCc1cnn(-c2ccccc2)c1. The molecule has 0 atom stereocenters. The van der Waals surface area contributed by atoms with Gasteiger partial charge in [-0.2, -0.15) is 5.10 Å². The van der Waals surface area contributed by atoms with E-state index in [1.807, 2.05) is 47.4 Å². The Morgan fingerprint density at radius 3 is 2.77 bits per heavy atom. The van der Waals surface area contributed by atoms with E-state index in [2.05, 4.69) is 36.3 Å².